The zero-order valence-corrected chi connectivity index (χ0v) is 14.2. The van der Waals surface area contributed by atoms with Gasteiger partial charge in [0.25, 0.3) is 0 Å². The monoisotopic (exact) mass is 334 g/mol. The van der Waals surface area contributed by atoms with Crippen molar-refractivity contribution in [2.24, 2.45) is 0 Å². The molecule has 0 saturated carbocycles. The van der Waals surface area contributed by atoms with Crippen molar-refractivity contribution in [1.29, 1.82) is 0 Å². The molecular formula is C17H19ClN2OS. The predicted molar refractivity (Wildman–Crippen MR) is 91.2 cm³/mol. The number of halogens is 1. The molecule has 0 atom stereocenters. The smallest absolute Gasteiger partial charge is 0.237 e. The lowest BCUT2D eigenvalue weighted by atomic mass is 10.1. The molecule has 0 spiro atoms. The van der Waals surface area contributed by atoms with Gasteiger partial charge in [-0.3, -0.25) is 9.69 Å². The van der Waals surface area contributed by atoms with Crippen molar-refractivity contribution < 1.29 is 4.79 Å². The Morgan fingerprint density at radius 2 is 2.27 bits per heavy atom. The standard InChI is InChI=1S/C17H19ClN2OS/c1-19(10-13-3-2-4-15(18)9-13)12-17(21)20-7-5-16-14(11-20)6-8-22-16/h2-4,6,8-9H,5,7,10-12H2,1H3. The van der Waals surface area contributed by atoms with Crippen LogP contribution in [0.15, 0.2) is 35.7 Å². The molecule has 0 N–H and O–H groups in total. The topological polar surface area (TPSA) is 23.6 Å². The van der Waals surface area contributed by atoms with Gasteiger partial charge in [0.1, 0.15) is 0 Å². The third-order valence-corrected chi connectivity index (χ3v) is 5.17. The van der Waals surface area contributed by atoms with Crippen molar-refractivity contribution in [1.82, 2.24) is 9.80 Å². The zero-order valence-electron chi connectivity index (χ0n) is 12.6. The van der Waals surface area contributed by atoms with Crippen LogP contribution >= 0.6 is 22.9 Å². The van der Waals surface area contributed by atoms with Crippen LogP contribution in [0.2, 0.25) is 5.02 Å². The maximum absolute atomic E-state index is 12.5. The summed E-state index contributed by atoms with van der Waals surface area (Å²) in [5, 5.41) is 2.85. The summed E-state index contributed by atoms with van der Waals surface area (Å²) in [6, 6.07) is 9.92. The molecule has 1 aliphatic heterocycles. The molecule has 0 saturated heterocycles. The third-order valence-electron chi connectivity index (χ3n) is 3.91. The highest BCUT2D eigenvalue weighted by atomic mass is 35.5. The lowest BCUT2D eigenvalue weighted by Crippen LogP contribution is -2.41. The number of fused-ring (bicyclic) bond motifs is 1. The van der Waals surface area contributed by atoms with Gasteiger partial charge in [-0.2, -0.15) is 0 Å². The van der Waals surface area contributed by atoms with Crippen LogP contribution in [0.4, 0.5) is 0 Å². The Morgan fingerprint density at radius 3 is 3.09 bits per heavy atom. The normalized spacial score (nSPS) is 14.2. The molecule has 3 nitrogen and oxygen atoms in total. The summed E-state index contributed by atoms with van der Waals surface area (Å²) < 4.78 is 0. The van der Waals surface area contributed by atoms with E-state index in [1.165, 1.54) is 10.4 Å². The van der Waals surface area contributed by atoms with Crippen molar-refractivity contribution in [3.8, 4) is 0 Å². The number of rotatable bonds is 4. The van der Waals surface area contributed by atoms with Gasteiger partial charge in [0.05, 0.1) is 6.54 Å². The van der Waals surface area contributed by atoms with Gasteiger partial charge in [-0.15, -0.1) is 11.3 Å². The van der Waals surface area contributed by atoms with Crippen LogP contribution in [0.3, 0.4) is 0 Å². The first-order valence-electron chi connectivity index (χ1n) is 7.38. The molecule has 2 heterocycles. The van der Waals surface area contributed by atoms with Crippen LogP contribution in [0.25, 0.3) is 0 Å². The molecule has 0 radical (unpaired) electrons. The van der Waals surface area contributed by atoms with E-state index >= 15 is 0 Å². The third kappa shape index (κ3) is 3.69. The Labute approximate surface area is 140 Å². The van der Waals surface area contributed by atoms with Crippen molar-refractivity contribution in [3.05, 3.63) is 56.7 Å². The molecule has 1 aromatic carbocycles. The van der Waals surface area contributed by atoms with Gasteiger partial charge in [-0.25, -0.2) is 0 Å². The highest BCUT2D eigenvalue weighted by molar-refractivity contribution is 7.10. The maximum Gasteiger partial charge on any atom is 0.237 e. The minimum atomic E-state index is 0.196. The van der Waals surface area contributed by atoms with Gasteiger partial charge in [0.15, 0.2) is 0 Å². The van der Waals surface area contributed by atoms with Crippen molar-refractivity contribution in [2.75, 3.05) is 20.1 Å². The molecule has 5 heteroatoms. The highest BCUT2D eigenvalue weighted by Crippen LogP contribution is 2.24. The minimum absolute atomic E-state index is 0.196. The van der Waals surface area contributed by atoms with E-state index in [-0.39, 0.29) is 5.91 Å². The fourth-order valence-electron chi connectivity index (χ4n) is 2.80. The second kappa shape index (κ2) is 6.82. The van der Waals surface area contributed by atoms with Gasteiger partial charge in [0, 0.05) is 29.5 Å². The summed E-state index contributed by atoms with van der Waals surface area (Å²) in [6.45, 7) is 2.75. The predicted octanol–water partition coefficient (Wildman–Crippen LogP) is 3.42. The maximum atomic E-state index is 12.5. The number of likely N-dealkylation sites (N-methyl/N-ethyl adjacent to an activating group) is 1. The molecule has 1 amide bonds. The zero-order chi connectivity index (χ0) is 15.5. The van der Waals surface area contributed by atoms with E-state index in [1.807, 2.05) is 41.1 Å². The average molecular weight is 335 g/mol. The van der Waals surface area contributed by atoms with Crippen LogP contribution in [0, 0.1) is 0 Å². The van der Waals surface area contributed by atoms with Crippen LogP contribution < -0.4 is 0 Å². The molecule has 0 unspecified atom stereocenters. The minimum Gasteiger partial charge on any atom is -0.337 e. The van der Waals surface area contributed by atoms with Gasteiger partial charge in [-0.1, -0.05) is 23.7 Å². The van der Waals surface area contributed by atoms with Crippen molar-refractivity contribution in [3.63, 3.8) is 0 Å². The van der Waals surface area contributed by atoms with Gasteiger partial charge in [0.2, 0.25) is 5.91 Å². The summed E-state index contributed by atoms with van der Waals surface area (Å²) in [6.07, 6.45) is 0.983. The lowest BCUT2D eigenvalue weighted by molar-refractivity contribution is -0.133. The average Bonchev–Trinajstić information content (AvgIpc) is 2.94. The summed E-state index contributed by atoms with van der Waals surface area (Å²) >= 11 is 7.80. The largest absolute Gasteiger partial charge is 0.337 e. The molecule has 0 fully saturated rings. The first-order valence-corrected chi connectivity index (χ1v) is 8.63. The Kier molecular flexibility index (Phi) is 4.81. The molecular weight excluding hydrogens is 316 g/mol. The molecule has 0 bridgehead atoms. The number of amides is 1. The van der Waals surface area contributed by atoms with E-state index in [2.05, 4.69) is 11.4 Å². The number of thiophene rings is 1. The number of hydrogen-bond donors (Lipinski definition) is 0. The Bertz CT molecular complexity index is 670. The molecule has 3 rings (SSSR count). The molecule has 116 valence electrons. The van der Waals surface area contributed by atoms with Gasteiger partial charge < -0.3 is 4.90 Å². The van der Waals surface area contributed by atoms with E-state index < -0.39 is 0 Å². The summed E-state index contributed by atoms with van der Waals surface area (Å²) in [7, 11) is 1.97. The van der Waals surface area contributed by atoms with Crippen molar-refractivity contribution >= 4 is 28.8 Å². The first kappa shape index (κ1) is 15.5. The summed E-state index contributed by atoms with van der Waals surface area (Å²) in [5.41, 5.74) is 2.43. The number of nitrogens with zero attached hydrogens (tertiary/aromatic N) is 2. The van der Waals surface area contributed by atoms with E-state index in [0.29, 0.717) is 6.54 Å². The second-order valence-electron chi connectivity index (χ2n) is 5.74. The molecule has 22 heavy (non-hydrogen) atoms. The summed E-state index contributed by atoms with van der Waals surface area (Å²) in [5.74, 6) is 0.196. The van der Waals surface area contributed by atoms with E-state index in [4.69, 9.17) is 11.6 Å². The second-order valence-corrected chi connectivity index (χ2v) is 7.17. The van der Waals surface area contributed by atoms with Crippen LogP contribution in [-0.2, 0) is 24.3 Å². The molecule has 2 aromatic rings. The van der Waals surface area contributed by atoms with E-state index in [9.17, 15) is 4.79 Å². The number of carbonyl (C=O) groups is 1. The van der Waals surface area contributed by atoms with Gasteiger partial charge in [-0.05, 0) is 48.2 Å². The van der Waals surface area contributed by atoms with E-state index in [0.717, 1.165) is 36.6 Å². The van der Waals surface area contributed by atoms with Gasteiger partial charge >= 0.3 is 0 Å². The first-order chi connectivity index (χ1) is 10.6. The highest BCUT2D eigenvalue weighted by Gasteiger charge is 2.22. The van der Waals surface area contributed by atoms with Crippen LogP contribution in [0.5, 0.6) is 0 Å². The Balaban J connectivity index is 1.55. The number of hydrogen-bond acceptors (Lipinski definition) is 3. The SMILES string of the molecule is CN(CC(=O)N1CCc2sccc2C1)Cc1cccc(Cl)c1. The molecule has 1 aliphatic rings. The summed E-state index contributed by atoms with van der Waals surface area (Å²) in [4.78, 5) is 17.9. The van der Waals surface area contributed by atoms with Crippen LogP contribution in [0.1, 0.15) is 16.0 Å². The molecule has 0 aliphatic carbocycles. The quantitative estimate of drug-likeness (QED) is 0.855. The molecule has 1 aromatic heterocycles. The van der Waals surface area contributed by atoms with E-state index in [1.54, 1.807) is 11.3 Å². The van der Waals surface area contributed by atoms with Crippen molar-refractivity contribution in [2.45, 2.75) is 19.5 Å². The Hall–Kier alpha value is -1.36. The van der Waals surface area contributed by atoms with Crippen LogP contribution in [-0.4, -0.2) is 35.8 Å². The number of benzene rings is 1. The fourth-order valence-corrected chi connectivity index (χ4v) is 3.90. The Morgan fingerprint density at radius 1 is 1.41 bits per heavy atom. The number of carbonyl (C=O) groups excluding carboxylic acids is 1. The fraction of sp³-hybridized carbons (Fsp3) is 0.353. The lowest BCUT2D eigenvalue weighted by Gasteiger charge is -2.29.